The van der Waals surface area contributed by atoms with Crippen LogP contribution in [0.3, 0.4) is 0 Å². The third-order valence-electron chi connectivity index (χ3n) is 4.60. The molecule has 2 amide bonds. The predicted octanol–water partition coefficient (Wildman–Crippen LogP) is 2.55. The van der Waals surface area contributed by atoms with Crippen LogP contribution >= 0.6 is 0 Å². The minimum Gasteiger partial charge on any atom is -0.497 e. The van der Waals surface area contributed by atoms with Gasteiger partial charge in [-0.25, -0.2) is 0 Å². The van der Waals surface area contributed by atoms with E-state index in [9.17, 15) is 9.59 Å². The average Bonchev–Trinajstić information content (AvgIpc) is 3.19. The fourth-order valence-electron chi connectivity index (χ4n) is 3.07. The minimum atomic E-state index is -0.753. The normalized spacial score (nSPS) is 11.4. The van der Waals surface area contributed by atoms with Crippen LogP contribution in [0.15, 0.2) is 54.6 Å². The number of H-pyrrole nitrogens is 1. The molecule has 0 saturated carbocycles. The molecule has 0 aliphatic carbocycles. The zero-order valence-corrected chi connectivity index (χ0v) is 16.1. The van der Waals surface area contributed by atoms with Gasteiger partial charge in [-0.2, -0.15) is 5.26 Å². The topological polar surface area (TPSA) is 107 Å². The van der Waals surface area contributed by atoms with Gasteiger partial charge in [0.05, 0.1) is 13.2 Å². The Balaban J connectivity index is 1.74. The third-order valence-corrected chi connectivity index (χ3v) is 4.60. The molecule has 0 unspecified atom stereocenters. The molecule has 3 N–H and O–H groups in total. The van der Waals surface area contributed by atoms with Crippen LogP contribution in [-0.2, 0) is 11.2 Å². The quantitative estimate of drug-likeness (QED) is 0.514. The predicted molar refractivity (Wildman–Crippen MR) is 109 cm³/mol. The minimum absolute atomic E-state index is 0.108. The molecule has 7 nitrogen and oxygen atoms in total. The number of ether oxygens (including phenoxy) is 1. The SMILES string of the molecule is COc1ccc2[nH]c(C(=O)N[C@@H](CCc3ccccc3)C(=O)NCC#N)cc2c1. The van der Waals surface area contributed by atoms with Crippen LogP contribution in [0.25, 0.3) is 10.9 Å². The summed E-state index contributed by atoms with van der Waals surface area (Å²) >= 11 is 0. The van der Waals surface area contributed by atoms with E-state index < -0.39 is 6.04 Å². The zero-order chi connectivity index (χ0) is 20.6. The molecule has 0 fully saturated rings. The van der Waals surface area contributed by atoms with E-state index >= 15 is 0 Å². The summed E-state index contributed by atoms with van der Waals surface area (Å²) in [5.74, 6) is -0.0703. The van der Waals surface area contributed by atoms with E-state index in [0.717, 1.165) is 16.5 Å². The monoisotopic (exact) mass is 390 g/mol. The first-order valence-corrected chi connectivity index (χ1v) is 9.27. The highest BCUT2D eigenvalue weighted by atomic mass is 16.5. The summed E-state index contributed by atoms with van der Waals surface area (Å²) in [4.78, 5) is 28.2. The standard InChI is InChI=1S/C22H22N4O3/c1-29-17-8-10-18-16(13-17)14-20(25-18)22(28)26-19(21(27)24-12-11-23)9-7-15-5-3-2-4-6-15/h2-6,8,10,13-14,19,25H,7,9,12H2,1H3,(H,24,27)(H,26,28)/t19-/m0/s1. The lowest BCUT2D eigenvalue weighted by Gasteiger charge is -2.17. The summed E-state index contributed by atoms with van der Waals surface area (Å²) in [6.07, 6.45) is 1.04. The maximum Gasteiger partial charge on any atom is 0.268 e. The van der Waals surface area contributed by atoms with Gasteiger partial charge in [0.15, 0.2) is 0 Å². The molecule has 3 rings (SSSR count). The first-order valence-electron chi connectivity index (χ1n) is 9.27. The van der Waals surface area contributed by atoms with E-state index in [2.05, 4.69) is 15.6 Å². The molecular weight excluding hydrogens is 368 g/mol. The van der Waals surface area contributed by atoms with Crippen molar-refractivity contribution in [2.75, 3.05) is 13.7 Å². The highest BCUT2D eigenvalue weighted by Crippen LogP contribution is 2.21. The van der Waals surface area contributed by atoms with E-state index in [-0.39, 0.29) is 18.4 Å². The number of aromatic amines is 1. The highest BCUT2D eigenvalue weighted by molar-refractivity contribution is 6.00. The van der Waals surface area contributed by atoms with Gasteiger partial charge in [-0.05, 0) is 42.7 Å². The van der Waals surface area contributed by atoms with Gasteiger partial charge < -0.3 is 20.4 Å². The number of amides is 2. The summed E-state index contributed by atoms with van der Waals surface area (Å²) in [7, 11) is 1.58. The molecule has 148 valence electrons. The van der Waals surface area contributed by atoms with Crippen LogP contribution < -0.4 is 15.4 Å². The maximum absolute atomic E-state index is 12.8. The van der Waals surface area contributed by atoms with Gasteiger partial charge in [0.2, 0.25) is 5.91 Å². The number of aromatic nitrogens is 1. The first-order chi connectivity index (χ1) is 14.1. The average molecular weight is 390 g/mol. The Hall–Kier alpha value is -3.79. The first kappa shape index (κ1) is 20.0. The number of nitrogens with zero attached hydrogens (tertiary/aromatic N) is 1. The Morgan fingerprint density at radius 2 is 1.97 bits per heavy atom. The van der Waals surface area contributed by atoms with Crippen molar-refractivity contribution in [2.24, 2.45) is 0 Å². The van der Waals surface area contributed by atoms with Crippen molar-refractivity contribution in [3.05, 3.63) is 65.9 Å². The second kappa shape index (κ2) is 9.42. The Morgan fingerprint density at radius 3 is 2.69 bits per heavy atom. The van der Waals surface area contributed by atoms with Crippen molar-refractivity contribution in [1.82, 2.24) is 15.6 Å². The van der Waals surface area contributed by atoms with E-state index in [0.29, 0.717) is 24.3 Å². The third kappa shape index (κ3) is 5.14. The number of aryl methyl sites for hydroxylation is 1. The van der Waals surface area contributed by atoms with E-state index in [1.54, 1.807) is 19.2 Å². The van der Waals surface area contributed by atoms with E-state index in [1.165, 1.54) is 0 Å². The fraction of sp³-hybridized carbons (Fsp3) is 0.227. The maximum atomic E-state index is 12.8. The number of fused-ring (bicyclic) bond motifs is 1. The molecule has 1 atom stereocenters. The lowest BCUT2D eigenvalue weighted by molar-refractivity contribution is -0.122. The number of hydrogen-bond donors (Lipinski definition) is 3. The van der Waals surface area contributed by atoms with Crippen molar-refractivity contribution >= 4 is 22.7 Å². The summed E-state index contributed by atoms with van der Waals surface area (Å²) < 4.78 is 5.21. The van der Waals surface area contributed by atoms with Crippen molar-refractivity contribution in [1.29, 1.82) is 5.26 Å². The van der Waals surface area contributed by atoms with Crippen LogP contribution in [0.2, 0.25) is 0 Å². The molecule has 7 heteroatoms. The van der Waals surface area contributed by atoms with Gasteiger partial charge >= 0.3 is 0 Å². The molecule has 0 saturated heterocycles. The molecule has 0 radical (unpaired) electrons. The van der Waals surface area contributed by atoms with Crippen LogP contribution in [0.1, 0.15) is 22.5 Å². The second-order valence-corrected chi connectivity index (χ2v) is 6.56. The second-order valence-electron chi connectivity index (χ2n) is 6.56. The molecule has 0 aliphatic heterocycles. The number of methoxy groups -OCH3 is 1. The Morgan fingerprint density at radius 1 is 1.17 bits per heavy atom. The molecular formula is C22H22N4O3. The van der Waals surface area contributed by atoms with Crippen LogP contribution in [0.5, 0.6) is 5.75 Å². The highest BCUT2D eigenvalue weighted by Gasteiger charge is 2.22. The van der Waals surface area contributed by atoms with Crippen LogP contribution in [0.4, 0.5) is 0 Å². The molecule has 0 aliphatic rings. The van der Waals surface area contributed by atoms with Gasteiger partial charge in [-0.1, -0.05) is 30.3 Å². The Kier molecular flexibility index (Phi) is 6.48. The Labute approximate surface area is 168 Å². The number of benzene rings is 2. The van der Waals surface area contributed by atoms with Crippen molar-refractivity contribution in [2.45, 2.75) is 18.9 Å². The van der Waals surface area contributed by atoms with Crippen molar-refractivity contribution < 1.29 is 14.3 Å². The summed E-state index contributed by atoms with van der Waals surface area (Å²) in [5.41, 5.74) is 2.22. The van der Waals surface area contributed by atoms with Gasteiger partial charge in [-0.15, -0.1) is 0 Å². The lowest BCUT2D eigenvalue weighted by atomic mass is 10.0. The van der Waals surface area contributed by atoms with Gasteiger partial charge in [0, 0.05) is 10.9 Å². The van der Waals surface area contributed by atoms with Crippen molar-refractivity contribution in [3.8, 4) is 11.8 Å². The molecule has 3 aromatic rings. The number of carbonyl (C=O) groups excluding carboxylic acids is 2. The van der Waals surface area contributed by atoms with Gasteiger partial charge in [0.25, 0.3) is 5.91 Å². The Bertz CT molecular complexity index is 1040. The zero-order valence-electron chi connectivity index (χ0n) is 16.1. The number of nitriles is 1. The number of rotatable bonds is 8. The summed E-state index contributed by atoms with van der Waals surface area (Å²) in [6, 6.07) is 18.0. The van der Waals surface area contributed by atoms with Gasteiger partial charge in [0.1, 0.15) is 24.0 Å². The van der Waals surface area contributed by atoms with Gasteiger partial charge in [-0.3, -0.25) is 9.59 Å². The van der Waals surface area contributed by atoms with Crippen LogP contribution in [-0.4, -0.2) is 36.5 Å². The molecule has 1 aromatic heterocycles. The molecule has 29 heavy (non-hydrogen) atoms. The molecule has 0 bridgehead atoms. The number of nitrogens with one attached hydrogen (secondary N) is 3. The van der Waals surface area contributed by atoms with Crippen LogP contribution in [0, 0.1) is 11.3 Å². The summed E-state index contributed by atoms with van der Waals surface area (Å²) in [5, 5.41) is 14.9. The number of carbonyl (C=O) groups is 2. The fourth-order valence-corrected chi connectivity index (χ4v) is 3.07. The van der Waals surface area contributed by atoms with E-state index in [1.807, 2.05) is 48.5 Å². The summed E-state index contributed by atoms with van der Waals surface area (Å²) in [6.45, 7) is -0.108. The van der Waals surface area contributed by atoms with Crippen molar-refractivity contribution in [3.63, 3.8) is 0 Å². The molecule has 0 spiro atoms. The lowest BCUT2D eigenvalue weighted by Crippen LogP contribution is -2.47. The molecule has 2 aromatic carbocycles. The van der Waals surface area contributed by atoms with E-state index in [4.69, 9.17) is 10.00 Å². The largest absolute Gasteiger partial charge is 0.497 e. The smallest absolute Gasteiger partial charge is 0.268 e. The number of hydrogen-bond acceptors (Lipinski definition) is 4. The molecule has 1 heterocycles.